The number of nitrogens with zero attached hydrogens (tertiary/aromatic N) is 1. The van der Waals surface area contributed by atoms with Gasteiger partial charge in [-0.3, -0.25) is 0 Å². The smallest absolute Gasteiger partial charge is 0.200 e. The van der Waals surface area contributed by atoms with E-state index in [-0.39, 0.29) is 13.2 Å². The number of benzene rings is 1. The molecule has 0 saturated heterocycles. The molecule has 0 aliphatic carbocycles. The van der Waals surface area contributed by atoms with Gasteiger partial charge in [0.25, 0.3) is 0 Å². The summed E-state index contributed by atoms with van der Waals surface area (Å²) in [7, 11) is 3.69. The molecule has 0 aromatic heterocycles. The number of likely N-dealkylation sites (N-methyl/N-ethyl adjacent to an activating group) is 1. The summed E-state index contributed by atoms with van der Waals surface area (Å²) in [6.45, 7) is 1.05. The Hall–Kier alpha value is -1.41. The Morgan fingerprint density at radius 1 is 0.850 bits per heavy atom. The summed E-state index contributed by atoms with van der Waals surface area (Å²) in [4.78, 5) is 1.87. The highest BCUT2D eigenvalue weighted by atomic mass is 19.2. The first kappa shape index (κ1) is 16.6. The number of hydrogen-bond donors (Lipinski definition) is 1. The predicted octanol–water partition coefficient (Wildman–Crippen LogP) is 2.37. The Balaban J connectivity index is 2.57. The molecule has 0 amide bonds. The molecule has 20 heavy (non-hydrogen) atoms. The molecule has 0 aliphatic rings. The van der Waals surface area contributed by atoms with E-state index < -0.39 is 34.8 Å². The van der Waals surface area contributed by atoms with Crippen molar-refractivity contribution in [2.75, 3.05) is 45.7 Å². The van der Waals surface area contributed by atoms with Crippen LogP contribution in [0.1, 0.15) is 0 Å². The van der Waals surface area contributed by atoms with Crippen LogP contribution in [0.2, 0.25) is 0 Å². The third kappa shape index (κ3) is 4.04. The van der Waals surface area contributed by atoms with Crippen LogP contribution in [0.25, 0.3) is 0 Å². The summed E-state index contributed by atoms with van der Waals surface area (Å²) in [5.74, 6) is -9.88. The van der Waals surface area contributed by atoms with Gasteiger partial charge in [0.15, 0.2) is 23.3 Å². The van der Waals surface area contributed by atoms with E-state index in [1.165, 1.54) is 0 Å². The molecule has 0 spiro atoms. The fourth-order valence-corrected chi connectivity index (χ4v) is 1.36. The Labute approximate surface area is 113 Å². The Morgan fingerprint density at radius 3 is 1.85 bits per heavy atom. The molecule has 0 aliphatic heterocycles. The number of hydrogen-bond acceptors (Lipinski definition) is 3. The highest BCUT2D eigenvalue weighted by Gasteiger charge is 2.25. The van der Waals surface area contributed by atoms with E-state index in [0.29, 0.717) is 13.2 Å². The molecule has 0 heterocycles. The first-order valence-electron chi connectivity index (χ1n) is 5.84. The van der Waals surface area contributed by atoms with Crippen molar-refractivity contribution in [1.29, 1.82) is 0 Å². The molecule has 0 bridgehead atoms. The van der Waals surface area contributed by atoms with Gasteiger partial charge < -0.3 is 15.0 Å². The van der Waals surface area contributed by atoms with Gasteiger partial charge in [0.05, 0.1) is 13.2 Å². The molecule has 3 nitrogen and oxygen atoms in total. The third-order valence-electron chi connectivity index (χ3n) is 2.44. The lowest BCUT2D eigenvalue weighted by Gasteiger charge is -2.12. The Kier molecular flexibility index (Phi) is 6.15. The van der Waals surface area contributed by atoms with Crippen LogP contribution in [0.3, 0.4) is 0 Å². The SMILES string of the molecule is CN(C)CCOCCNc1c(F)c(F)c(F)c(F)c1F. The zero-order valence-electron chi connectivity index (χ0n) is 11.1. The Bertz CT molecular complexity index is 439. The van der Waals surface area contributed by atoms with E-state index >= 15 is 0 Å². The van der Waals surface area contributed by atoms with Crippen molar-refractivity contribution in [2.45, 2.75) is 0 Å². The summed E-state index contributed by atoms with van der Waals surface area (Å²) < 4.78 is 70.2. The molecule has 0 atom stereocenters. The second kappa shape index (κ2) is 7.39. The van der Waals surface area contributed by atoms with Gasteiger partial charge in [0, 0.05) is 13.1 Å². The second-order valence-corrected chi connectivity index (χ2v) is 4.29. The first-order chi connectivity index (χ1) is 9.36. The Morgan fingerprint density at radius 2 is 1.35 bits per heavy atom. The van der Waals surface area contributed by atoms with Crippen LogP contribution in [-0.2, 0) is 4.74 Å². The summed E-state index contributed by atoms with van der Waals surface area (Å²) in [5.41, 5.74) is -1.04. The lowest BCUT2D eigenvalue weighted by atomic mass is 10.2. The number of halogens is 5. The van der Waals surface area contributed by atoms with E-state index in [2.05, 4.69) is 5.32 Å². The molecular weight excluding hydrogens is 283 g/mol. The highest BCUT2D eigenvalue weighted by molar-refractivity contribution is 5.47. The summed E-state index contributed by atoms with van der Waals surface area (Å²) >= 11 is 0. The number of nitrogens with one attached hydrogen (secondary N) is 1. The summed E-state index contributed by atoms with van der Waals surface area (Å²) in [6, 6.07) is 0. The van der Waals surface area contributed by atoms with E-state index in [9.17, 15) is 22.0 Å². The van der Waals surface area contributed by atoms with Crippen molar-refractivity contribution >= 4 is 5.69 Å². The molecule has 1 rings (SSSR count). The lowest BCUT2D eigenvalue weighted by Crippen LogP contribution is -2.20. The van der Waals surface area contributed by atoms with Crippen molar-refractivity contribution in [1.82, 2.24) is 4.90 Å². The number of anilines is 1. The van der Waals surface area contributed by atoms with Crippen LogP contribution < -0.4 is 5.32 Å². The van der Waals surface area contributed by atoms with Gasteiger partial charge in [-0.05, 0) is 14.1 Å². The average Bonchev–Trinajstić information content (AvgIpc) is 2.41. The van der Waals surface area contributed by atoms with E-state index in [0.717, 1.165) is 0 Å². The molecule has 0 radical (unpaired) electrons. The lowest BCUT2D eigenvalue weighted by molar-refractivity contribution is 0.126. The van der Waals surface area contributed by atoms with Crippen LogP contribution in [0.4, 0.5) is 27.6 Å². The normalized spacial score (nSPS) is 11.2. The maximum atomic E-state index is 13.3. The zero-order valence-corrected chi connectivity index (χ0v) is 11.1. The van der Waals surface area contributed by atoms with E-state index in [1.807, 2.05) is 19.0 Å². The molecule has 1 aromatic carbocycles. The van der Waals surface area contributed by atoms with Crippen molar-refractivity contribution in [3.63, 3.8) is 0 Å². The van der Waals surface area contributed by atoms with E-state index in [1.54, 1.807) is 0 Å². The third-order valence-corrected chi connectivity index (χ3v) is 2.44. The van der Waals surface area contributed by atoms with Gasteiger partial charge >= 0.3 is 0 Å². The minimum atomic E-state index is -2.17. The maximum absolute atomic E-state index is 13.3. The van der Waals surface area contributed by atoms with Crippen LogP contribution in [0.15, 0.2) is 0 Å². The minimum Gasteiger partial charge on any atom is -0.378 e. The summed E-state index contributed by atoms with van der Waals surface area (Å²) in [5, 5.41) is 2.14. The topological polar surface area (TPSA) is 24.5 Å². The number of ether oxygens (including phenoxy) is 1. The maximum Gasteiger partial charge on any atom is 0.200 e. The first-order valence-corrected chi connectivity index (χ1v) is 5.84. The molecule has 1 aromatic rings. The molecule has 114 valence electrons. The van der Waals surface area contributed by atoms with Gasteiger partial charge in [-0.1, -0.05) is 0 Å². The monoisotopic (exact) mass is 298 g/mol. The molecule has 1 N–H and O–H groups in total. The average molecular weight is 298 g/mol. The second-order valence-electron chi connectivity index (χ2n) is 4.29. The largest absolute Gasteiger partial charge is 0.378 e. The van der Waals surface area contributed by atoms with Gasteiger partial charge in [-0.15, -0.1) is 0 Å². The molecule has 8 heteroatoms. The van der Waals surface area contributed by atoms with Gasteiger partial charge in [-0.25, -0.2) is 22.0 Å². The van der Waals surface area contributed by atoms with Crippen LogP contribution in [-0.4, -0.2) is 45.3 Å². The predicted molar refractivity (Wildman–Crippen MR) is 64.1 cm³/mol. The molecule has 0 saturated carbocycles. The summed E-state index contributed by atoms with van der Waals surface area (Å²) in [6.07, 6.45) is 0. The molecular formula is C12H15F5N2O. The van der Waals surface area contributed by atoms with Crippen LogP contribution in [0, 0.1) is 29.1 Å². The molecule has 0 unspecified atom stereocenters. The van der Waals surface area contributed by atoms with Crippen molar-refractivity contribution in [2.24, 2.45) is 0 Å². The minimum absolute atomic E-state index is 0.0767. The van der Waals surface area contributed by atoms with Crippen molar-refractivity contribution in [3.8, 4) is 0 Å². The van der Waals surface area contributed by atoms with Gasteiger partial charge in [0.2, 0.25) is 5.82 Å². The number of rotatable bonds is 7. The van der Waals surface area contributed by atoms with Gasteiger partial charge in [-0.2, -0.15) is 0 Å². The van der Waals surface area contributed by atoms with Crippen molar-refractivity contribution in [3.05, 3.63) is 29.1 Å². The highest BCUT2D eigenvalue weighted by Crippen LogP contribution is 2.26. The fourth-order valence-electron chi connectivity index (χ4n) is 1.36. The van der Waals surface area contributed by atoms with Crippen LogP contribution in [0.5, 0.6) is 0 Å². The van der Waals surface area contributed by atoms with Crippen LogP contribution >= 0.6 is 0 Å². The molecule has 0 fully saturated rings. The quantitative estimate of drug-likeness (QED) is 0.362. The van der Waals surface area contributed by atoms with Crippen molar-refractivity contribution < 1.29 is 26.7 Å². The zero-order chi connectivity index (χ0) is 15.3. The standard InChI is InChI=1S/C12H15F5N2O/c1-19(2)4-6-20-5-3-18-12-10(16)8(14)7(13)9(15)11(12)17/h18H,3-6H2,1-2H3. The fraction of sp³-hybridized carbons (Fsp3) is 0.500. The van der Waals surface area contributed by atoms with E-state index in [4.69, 9.17) is 4.74 Å². The van der Waals surface area contributed by atoms with Gasteiger partial charge in [0.1, 0.15) is 5.69 Å².